The molecule has 3 nitrogen and oxygen atoms in total. The summed E-state index contributed by atoms with van der Waals surface area (Å²) in [6, 6.07) is 7.70. The van der Waals surface area contributed by atoms with Gasteiger partial charge in [-0.15, -0.1) is 0 Å². The summed E-state index contributed by atoms with van der Waals surface area (Å²) in [5.41, 5.74) is 1.01. The van der Waals surface area contributed by atoms with Gasteiger partial charge in [-0.05, 0) is 11.6 Å². The van der Waals surface area contributed by atoms with E-state index in [0.717, 1.165) is 10.0 Å². The van der Waals surface area contributed by atoms with Crippen molar-refractivity contribution >= 4 is 21.9 Å². The molecule has 0 spiro atoms. The standard InChI is InChI=1S/C10H11BrO3/c1-13-10(12)7-14-6-8-4-2-3-5-9(8)11/h2-5H,6-7H2,1H3. The van der Waals surface area contributed by atoms with Crippen LogP contribution in [0.25, 0.3) is 0 Å². The highest BCUT2D eigenvalue weighted by Gasteiger charge is 2.02. The third-order valence-electron chi connectivity index (χ3n) is 1.66. The van der Waals surface area contributed by atoms with Gasteiger partial charge in [0.15, 0.2) is 0 Å². The van der Waals surface area contributed by atoms with E-state index < -0.39 is 0 Å². The lowest BCUT2D eigenvalue weighted by Crippen LogP contribution is -2.10. The SMILES string of the molecule is COC(=O)COCc1ccccc1Br. The average molecular weight is 259 g/mol. The lowest BCUT2D eigenvalue weighted by atomic mass is 10.2. The molecule has 0 saturated heterocycles. The Morgan fingerprint density at radius 2 is 2.14 bits per heavy atom. The fourth-order valence-corrected chi connectivity index (χ4v) is 1.32. The minimum absolute atomic E-state index is 0.0160. The van der Waals surface area contributed by atoms with Gasteiger partial charge in [-0.3, -0.25) is 0 Å². The molecular formula is C10H11BrO3. The molecule has 0 fully saturated rings. The number of benzene rings is 1. The van der Waals surface area contributed by atoms with Crippen LogP contribution < -0.4 is 0 Å². The van der Waals surface area contributed by atoms with Gasteiger partial charge in [-0.25, -0.2) is 4.79 Å². The van der Waals surface area contributed by atoms with E-state index in [2.05, 4.69) is 20.7 Å². The molecule has 4 heteroatoms. The molecular weight excluding hydrogens is 248 g/mol. The van der Waals surface area contributed by atoms with E-state index >= 15 is 0 Å². The van der Waals surface area contributed by atoms with Crippen LogP contribution in [0.15, 0.2) is 28.7 Å². The summed E-state index contributed by atoms with van der Waals surface area (Å²) in [5, 5.41) is 0. The summed E-state index contributed by atoms with van der Waals surface area (Å²) in [5.74, 6) is -0.364. The number of hydrogen-bond donors (Lipinski definition) is 0. The largest absolute Gasteiger partial charge is 0.467 e. The van der Waals surface area contributed by atoms with Crippen molar-refractivity contribution in [1.82, 2.24) is 0 Å². The fraction of sp³-hybridized carbons (Fsp3) is 0.300. The second-order valence-corrected chi connectivity index (χ2v) is 3.51. The summed E-state index contributed by atoms with van der Waals surface area (Å²) in [6.07, 6.45) is 0. The molecule has 0 amide bonds. The first-order valence-electron chi connectivity index (χ1n) is 4.12. The zero-order valence-corrected chi connectivity index (χ0v) is 9.41. The number of esters is 1. The fourth-order valence-electron chi connectivity index (χ4n) is 0.919. The van der Waals surface area contributed by atoms with Crippen LogP contribution in [0.3, 0.4) is 0 Å². The van der Waals surface area contributed by atoms with Gasteiger partial charge in [0.2, 0.25) is 0 Å². The van der Waals surface area contributed by atoms with Crippen molar-refractivity contribution in [3.63, 3.8) is 0 Å². The van der Waals surface area contributed by atoms with Crippen molar-refractivity contribution in [2.75, 3.05) is 13.7 Å². The second kappa shape index (κ2) is 5.78. The van der Waals surface area contributed by atoms with E-state index in [9.17, 15) is 4.79 Å². The van der Waals surface area contributed by atoms with Gasteiger partial charge < -0.3 is 9.47 Å². The first kappa shape index (κ1) is 11.2. The van der Waals surface area contributed by atoms with Crippen LogP contribution in [-0.2, 0) is 20.9 Å². The van der Waals surface area contributed by atoms with Gasteiger partial charge >= 0.3 is 5.97 Å². The van der Waals surface area contributed by atoms with Crippen LogP contribution in [0.2, 0.25) is 0 Å². The molecule has 0 aliphatic rings. The number of rotatable bonds is 4. The summed E-state index contributed by atoms with van der Waals surface area (Å²) >= 11 is 3.38. The zero-order valence-electron chi connectivity index (χ0n) is 7.83. The summed E-state index contributed by atoms with van der Waals surface area (Å²) in [7, 11) is 1.34. The lowest BCUT2D eigenvalue weighted by molar-refractivity contribution is -0.146. The van der Waals surface area contributed by atoms with Crippen molar-refractivity contribution in [1.29, 1.82) is 0 Å². The van der Waals surface area contributed by atoms with Gasteiger partial charge in [0.1, 0.15) is 6.61 Å². The van der Waals surface area contributed by atoms with Crippen LogP contribution in [0.4, 0.5) is 0 Å². The Balaban J connectivity index is 2.39. The third kappa shape index (κ3) is 3.47. The Morgan fingerprint density at radius 3 is 2.79 bits per heavy atom. The minimum atomic E-state index is -0.364. The summed E-state index contributed by atoms with van der Waals surface area (Å²) in [6.45, 7) is 0.383. The van der Waals surface area contributed by atoms with Crippen LogP contribution in [0.5, 0.6) is 0 Å². The Labute approximate surface area is 91.1 Å². The summed E-state index contributed by atoms with van der Waals surface area (Å²) < 4.78 is 10.6. The zero-order chi connectivity index (χ0) is 10.4. The highest BCUT2D eigenvalue weighted by atomic mass is 79.9. The molecule has 0 aromatic heterocycles. The maximum Gasteiger partial charge on any atom is 0.331 e. The minimum Gasteiger partial charge on any atom is -0.467 e. The molecule has 1 aromatic carbocycles. The molecule has 0 unspecified atom stereocenters. The topological polar surface area (TPSA) is 35.5 Å². The Morgan fingerprint density at radius 1 is 1.43 bits per heavy atom. The van der Waals surface area contributed by atoms with Crippen LogP contribution >= 0.6 is 15.9 Å². The third-order valence-corrected chi connectivity index (χ3v) is 2.44. The van der Waals surface area contributed by atoms with E-state index in [4.69, 9.17) is 4.74 Å². The number of carbonyl (C=O) groups is 1. The maximum atomic E-state index is 10.7. The van der Waals surface area contributed by atoms with Crippen molar-refractivity contribution in [3.05, 3.63) is 34.3 Å². The Hall–Kier alpha value is -0.870. The quantitative estimate of drug-likeness (QED) is 0.777. The normalized spacial score (nSPS) is 9.86. The molecule has 76 valence electrons. The van der Waals surface area contributed by atoms with Crippen molar-refractivity contribution in [2.45, 2.75) is 6.61 Å². The van der Waals surface area contributed by atoms with E-state index in [-0.39, 0.29) is 12.6 Å². The van der Waals surface area contributed by atoms with Crippen molar-refractivity contribution < 1.29 is 14.3 Å². The number of methoxy groups -OCH3 is 1. The molecule has 1 aromatic rings. The smallest absolute Gasteiger partial charge is 0.331 e. The van der Waals surface area contributed by atoms with Gasteiger partial charge in [0.05, 0.1) is 13.7 Å². The Bertz CT molecular complexity index is 312. The number of carbonyl (C=O) groups excluding carboxylic acids is 1. The van der Waals surface area contributed by atoms with Gasteiger partial charge in [0, 0.05) is 4.47 Å². The van der Waals surface area contributed by atoms with E-state index in [0.29, 0.717) is 6.61 Å². The molecule has 0 aliphatic heterocycles. The number of halogens is 1. The van der Waals surface area contributed by atoms with E-state index in [1.165, 1.54) is 7.11 Å². The van der Waals surface area contributed by atoms with Crippen molar-refractivity contribution in [2.24, 2.45) is 0 Å². The van der Waals surface area contributed by atoms with Crippen LogP contribution in [-0.4, -0.2) is 19.7 Å². The number of hydrogen-bond acceptors (Lipinski definition) is 3. The monoisotopic (exact) mass is 258 g/mol. The second-order valence-electron chi connectivity index (χ2n) is 2.66. The molecule has 0 radical (unpaired) electrons. The molecule has 0 N–H and O–H groups in total. The van der Waals surface area contributed by atoms with Crippen LogP contribution in [0, 0.1) is 0 Å². The van der Waals surface area contributed by atoms with Crippen LogP contribution in [0.1, 0.15) is 5.56 Å². The summed E-state index contributed by atoms with van der Waals surface area (Å²) in [4.78, 5) is 10.7. The van der Waals surface area contributed by atoms with Gasteiger partial charge in [-0.2, -0.15) is 0 Å². The predicted molar refractivity (Wildman–Crippen MR) is 55.8 cm³/mol. The molecule has 0 aliphatic carbocycles. The number of ether oxygens (including phenoxy) is 2. The molecule has 0 saturated carbocycles. The molecule has 0 bridgehead atoms. The molecule has 1 rings (SSSR count). The van der Waals surface area contributed by atoms with E-state index in [1.54, 1.807) is 0 Å². The van der Waals surface area contributed by atoms with E-state index in [1.807, 2.05) is 24.3 Å². The first-order chi connectivity index (χ1) is 6.74. The lowest BCUT2D eigenvalue weighted by Gasteiger charge is -2.04. The van der Waals surface area contributed by atoms with Gasteiger partial charge in [0.25, 0.3) is 0 Å². The highest BCUT2D eigenvalue weighted by Crippen LogP contribution is 2.16. The average Bonchev–Trinajstić information content (AvgIpc) is 2.20. The predicted octanol–water partition coefficient (Wildman–Crippen LogP) is 2.14. The highest BCUT2D eigenvalue weighted by molar-refractivity contribution is 9.10. The molecule has 0 atom stereocenters. The first-order valence-corrected chi connectivity index (χ1v) is 4.91. The van der Waals surface area contributed by atoms with Gasteiger partial charge in [-0.1, -0.05) is 34.1 Å². The Kier molecular flexibility index (Phi) is 4.62. The maximum absolute atomic E-state index is 10.7. The van der Waals surface area contributed by atoms with Crippen molar-refractivity contribution in [3.8, 4) is 0 Å². The molecule has 14 heavy (non-hydrogen) atoms. The molecule has 0 heterocycles.